The molecule has 1 amide bonds. The lowest BCUT2D eigenvalue weighted by molar-refractivity contribution is -0.112. The van der Waals surface area contributed by atoms with E-state index in [9.17, 15) is 15.3 Å². The summed E-state index contributed by atoms with van der Waals surface area (Å²) in [7, 11) is 1.46. The van der Waals surface area contributed by atoms with Gasteiger partial charge in [-0.1, -0.05) is 35.9 Å². The van der Waals surface area contributed by atoms with Crippen LogP contribution in [0.3, 0.4) is 0 Å². The SMILES string of the molecule is CCOc1cccc(NC(=O)/C(C#N)=C\c2cc(Cl)c(OCc3ccccc3C#N)c(OC)c2)c1. The van der Waals surface area contributed by atoms with Crippen LogP contribution in [0.15, 0.2) is 66.2 Å². The molecule has 3 rings (SSSR count). The molecule has 0 heterocycles. The van der Waals surface area contributed by atoms with Crippen molar-refractivity contribution in [3.63, 3.8) is 0 Å². The highest BCUT2D eigenvalue weighted by Crippen LogP contribution is 2.37. The second-order valence-corrected chi connectivity index (χ2v) is 7.58. The number of nitrogens with zero attached hydrogens (tertiary/aromatic N) is 2. The van der Waals surface area contributed by atoms with E-state index in [4.69, 9.17) is 25.8 Å². The van der Waals surface area contributed by atoms with Gasteiger partial charge in [-0.05, 0) is 48.9 Å². The summed E-state index contributed by atoms with van der Waals surface area (Å²) in [4.78, 5) is 12.7. The fourth-order valence-corrected chi connectivity index (χ4v) is 3.49. The first-order valence-corrected chi connectivity index (χ1v) is 11.0. The van der Waals surface area contributed by atoms with Gasteiger partial charge in [-0.3, -0.25) is 4.79 Å². The molecule has 0 saturated heterocycles. The Kier molecular flexibility index (Phi) is 8.72. The topological polar surface area (TPSA) is 104 Å². The number of benzene rings is 3. The predicted octanol–water partition coefficient (Wildman–Crippen LogP) is 5.74. The summed E-state index contributed by atoms with van der Waals surface area (Å²) in [5.74, 6) is 0.636. The maximum absolute atomic E-state index is 12.7. The number of hydrogen-bond acceptors (Lipinski definition) is 6. The van der Waals surface area contributed by atoms with Gasteiger partial charge in [0, 0.05) is 17.3 Å². The summed E-state index contributed by atoms with van der Waals surface area (Å²) in [5.41, 5.74) is 2.06. The minimum Gasteiger partial charge on any atom is -0.494 e. The van der Waals surface area contributed by atoms with Crippen molar-refractivity contribution in [1.29, 1.82) is 10.5 Å². The number of nitriles is 2. The molecule has 3 aromatic rings. The smallest absolute Gasteiger partial charge is 0.266 e. The summed E-state index contributed by atoms with van der Waals surface area (Å²) in [5, 5.41) is 21.7. The van der Waals surface area contributed by atoms with E-state index >= 15 is 0 Å². The van der Waals surface area contributed by atoms with E-state index in [0.29, 0.717) is 40.5 Å². The first-order chi connectivity index (χ1) is 17.0. The van der Waals surface area contributed by atoms with Gasteiger partial charge in [0.1, 0.15) is 24.0 Å². The van der Waals surface area contributed by atoms with Crippen LogP contribution in [0.5, 0.6) is 17.2 Å². The molecule has 0 aromatic heterocycles. The number of carbonyl (C=O) groups is 1. The van der Waals surface area contributed by atoms with Gasteiger partial charge in [-0.25, -0.2) is 0 Å². The van der Waals surface area contributed by atoms with Crippen LogP contribution in [0.25, 0.3) is 6.08 Å². The molecule has 35 heavy (non-hydrogen) atoms. The van der Waals surface area contributed by atoms with Crippen LogP contribution >= 0.6 is 11.6 Å². The third-order valence-electron chi connectivity index (χ3n) is 4.84. The fourth-order valence-electron chi connectivity index (χ4n) is 3.21. The Morgan fingerprint density at radius 2 is 1.89 bits per heavy atom. The molecule has 3 aromatic carbocycles. The molecular formula is C27H22ClN3O4. The maximum atomic E-state index is 12.7. The zero-order valence-electron chi connectivity index (χ0n) is 19.2. The van der Waals surface area contributed by atoms with Gasteiger partial charge in [0.25, 0.3) is 5.91 Å². The van der Waals surface area contributed by atoms with Crippen molar-refractivity contribution in [3.8, 4) is 29.4 Å². The average Bonchev–Trinajstić information content (AvgIpc) is 2.86. The van der Waals surface area contributed by atoms with Gasteiger partial charge >= 0.3 is 0 Å². The molecule has 8 heteroatoms. The minimum atomic E-state index is -0.579. The number of anilines is 1. The number of nitrogens with one attached hydrogen (secondary N) is 1. The van der Waals surface area contributed by atoms with E-state index in [-0.39, 0.29) is 23.0 Å². The van der Waals surface area contributed by atoms with Gasteiger partial charge in [0.2, 0.25) is 0 Å². The van der Waals surface area contributed by atoms with Crippen LogP contribution in [0.1, 0.15) is 23.6 Å². The van der Waals surface area contributed by atoms with Crippen molar-refractivity contribution < 1.29 is 19.0 Å². The Hall–Kier alpha value is -4.46. The zero-order valence-corrected chi connectivity index (χ0v) is 19.9. The molecule has 0 aliphatic carbocycles. The maximum Gasteiger partial charge on any atom is 0.266 e. The Balaban J connectivity index is 1.82. The number of rotatable bonds is 9. The second-order valence-electron chi connectivity index (χ2n) is 7.18. The minimum absolute atomic E-state index is 0.113. The van der Waals surface area contributed by atoms with Crippen molar-refractivity contribution in [2.24, 2.45) is 0 Å². The quantitative estimate of drug-likeness (QED) is 0.304. The van der Waals surface area contributed by atoms with Crippen LogP contribution in [0.4, 0.5) is 5.69 Å². The van der Waals surface area contributed by atoms with Crippen LogP contribution in [0, 0.1) is 22.7 Å². The monoisotopic (exact) mass is 487 g/mol. The van der Waals surface area contributed by atoms with Crippen molar-refractivity contribution in [1.82, 2.24) is 0 Å². The molecular weight excluding hydrogens is 466 g/mol. The van der Waals surface area contributed by atoms with Crippen LogP contribution in [-0.4, -0.2) is 19.6 Å². The molecule has 0 aliphatic rings. The summed E-state index contributed by atoms with van der Waals surface area (Å²) in [6.07, 6.45) is 1.41. The van der Waals surface area contributed by atoms with Gasteiger partial charge in [-0.2, -0.15) is 10.5 Å². The summed E-state index contributed by atoms with van der Waals surface area (Å²) >= 11 is 6.44. The van der Waals surface area contributed by atoms with Crippen LogP contribution in [-0.2, 0) is 11.4 Å². The largest absolute Gasteiger partial charge is 0.494 e. The lowest BCUT2D eigenvalue weighted by Crippen LogP contribution is -2.13. The van der Waals surface area contributed by atoms with Gasteiger partial charge < -0.3 is 19.5 Å². The van der Waals surface area contributed by atoms with Crippen LogP contribution < -0.4 is 19.5 Å². The van der Waals surface area contributed by atoms with Crippen LogP contribution in [0.2, 0.25) is 5.02 Å². The first-order valence-electron chi connectivity index (χ1n) is 10.6. The molecule has 0 bridgehead atoms. The number of carbonyl (C=O) groups excluding carboxylic acids is 1. The molecule has 0 aliphatic heterocycles. The molecule has 0 unspecified atom stereocenters. The van der Waals surface area contributed by atoms with Crippen molar-refractivity contribution in [2.45, 2.75) is 13.5 Å². The lowest BCUT2D eigenvalue weighted by atomic mass is 10.1. The zero-order chi connectivity index (χ0) is 25.2. The summed E-state index contributed by atoms with van der Waals surface area (Å²) < 4.78 is 16.7. The molecule has 0 radical (unpaired) electrons. The molecule has 7 nitrogen and oxygen atoms in total. The number of halogens is 1. The Labute approximate surface area is 208 Å². The number of ether oxygens (including phenoxy) is 3. The fraction of sp³-hybridized carbons (Fsp3) is 0.148. The number of amides is 1. The van der Waals surface area contributed by atoms with E-state index < -0.39 is 5.91 Å². The highest BCUT2D eigenvalue weighted by atomic mass is 35.5. The first kappa shape index (κ1) is 25.2. The molecule has 0 saturated carbocycles. The Morgan fingerprint density at radius 3 is 2.60 bits per heavy atom. The van der Waals surface area contributed by atoms with E-state index in [2.05, 4.69) is 11.4 Å². The average molecular weight is 488 g/mol. The number of methoxy groups -OCH3 is 1. The molecule has 0 atom stereocenters. The van der Waals surface area contributed by atoms with Crippen molar-refractivity contribution in [3.05, 3.63) is 87.9 Å². The normalized spacial score (nSPS) is 10.6. The third kappa shape index (κ3) is 6.54. The summed E-state index contributed by atoms with van der Waals surface area (Å²) in [6, 6.07) is 21.2. The molecule has 0 fully saturated rings. The van der Waals surface area contributed by atoms with E-state index in [1.807, 2.05) is 19.1 Å². The standard InChI is InChI=1S/C27H22ClN3O4/c1-3-34-23-10-6-9-22(14-23)31-27(32)21(16-30)11-18-12-24(28)26(25(13-18)33-2)35-17-20-8-5-4-7-19(20)15-29/h4-14H,3,17H2,1-2H3,(H,31,32)/b21-11-. The van der Waals surface area contributed by atoms with Gasteiger partial charge in [0.05, 0.1) is 30.4 Å². The van der Waals surface area contributed by atoms with Crippen molar-refractivity contribution in [2.75, 3.05) is 19.0 Å². The Bertz CT molecular complexity index is 1340. The molecule has 0 spiro atoms. The highest BCUT2D eigenvalue weighted by Gasteiger charge is 2.15. The van der Waals surface area contributed by atoms with Gasteiger partial charge in [0.15, 0.2) is 11.5 Å². The van der Waals surface area contributed by atoms with E-state index in [0.717, 1.165) is 0 Å². The Morgan fingerprint density at radius 1 is 1.09 bits per heavy atom. The second kappa shape index (κ2) is 12.1. The van der Waals surface area contributed by atoms with Gasteiger partial charge in [-0.15, -0.1) is 0 Å². The summed E-state index contributed by atoms with van der Waals surface area (Å²) in [6.45, 7) is 2.47. The lowest BCUT2D eigenvalue weighted by Gasteiger charge is -2.14. The number of hydrogen-bond donors (Lipinski definition) is 1. The predicted molar refractivity (Wildman–Crippen MR) is 133 cm³/mol. The third-order valence-corrected chi connectivity index (χ3v) is 5.12. The van der Waals surface area contributed by atoms with Crippen molar-refractivity contribution >= 4 is 29.3 Å². The molecule has 176 valence electrons. The van der Waals surface area contributed by atoms with E-state index in [1.165, 1.54) is 13.2 Å². The van der Waals surface area contributed by atoms with E-state index in [1.54, 1.807) is 54.6 Å². The molecule has 1 N–H and O–H groups in total. The highest BCUT2D eigenvalue weighted by molar-refractivity contribution is 6.32.